The zero-order valence-corrected chi connectivity index (χ0v) is 14.3. The highest BCUT2D eigenvalue weighted by Crippen LogP contribution is 2.35. The van der Waals surface area contributed by atoms with E-state index in [1.807, 2.05) is 0 Å². The summed E-state index contributed by atoms with van der Waals surface area (Å²) in [6.07, 6.45) is -1.40. The Labute approximate surface area is 142 Å². The molecule has 1 unspecified atom stereocenters. The van der Waals surface area contributed by atoms with Crippen LogP contribution in [0.1, 0.15) is 11.7 Å². The van der Waals surface area contributed by atoms with Gasteiger partial charge in [0.15, 0.2) is 6.61 Å². The van der Waals surface area contributed by atoms with E-state index in [0.29, 0.717) is 17.1 Å². The maximum absolute atomic E-state index is 14.4. The van der Waals surface area contributed by atoms with Gasteiger partial charge in [0, 0.05) is 11.6 Å². The Hall–Kier alpha value is -1.66. The minimum atomic E-state index is -3.18. The highest BCUT2D eigenvalue weighted by Gasteiger charge is 2.42. The molecule has 3 nitrogen and oxygen atoms in total. The first-order valence-corrected chi connectivity index (χ1v) is 7.68. The van der Waals surface area contributed by atoms with Crippen molar-refractivity contribution in [2.24, 2.45) is 0 Å². The Morgan fingerprint density at radius 1 is 0.957 bits per heavy atom. The molecule has 2 rings (SSSR count). The van der Waals surface area contributed by atoms with Crippen LogP contribution in [-0.2, 0) is 4.74 Å². The van der Waals surface area contributed by atoms with E-state index >= 15 is 0 Å². The number of hydrogen-bond acceptors (Lipinski definition) is 3. The van der Waals surface area contributed by atoms with Crippen LogP contribution in [0.25, 0.3) is 0 Å². The molecule has 0 aliphatic carbocycles. The molecule has 124 valence electrons. The average molecular weight is 387 g/mol. The standard InChI is InChI=1S/C17H17BrF2O3/c1-21-14-7-3-12(4-8-14)16(22-2)17(19,20)11-23-15-9-5-13(18)6-10-15/h3-10,16H,11H2,1-2H3. The van der Waals surface area contributed by atoms with Crippen LogP contribution >= 0.6 is 15.9 Å². The van der Waals surface area contributed by atoms with Gasteiger partial charge in [-0.2, -0.15) is 8.78 Å². The van der Waals surface area contributed by atoms with Crippen molar-refractivity contribution in [3.05, 3.63) is 58.6 Å². The fraction of sp³-hybridized carbons (Fsp3) is 0.294. The summed E-state index contributed by atoms with van der Waals surface area (Å²) in [6, 6.07) is 13.0. The Morgan fingerprint density at radius 3 is 2.04 bits per heavy atom. The van der Waals surface area contributed by atoms with Gasteiger partial charge in [-0.05, 0) is 42.0 Å². The van der Waals surface area contributed by atoms with E-state index in [2.05, 4.69) is 15.9 Å². The first kappa shape index (κ1) is 17.7. The van der Waals surface area contributed by atoms with Crippen molar-refractivity contribution in [2.75, 3.05) is 20.8 Å². The maximum Gasteiger partial charge on any atom is 0.310 e. The van der Waals surface area contributed by atoms with Crippen LogP contribution < -0.4 is 9.47 Å². The molecule has 1 atom stereocenters. The molecule has 0 radical (unpaired) electrons. The van der Waals surface area contributed by atoms with Crippen LogP contribution in [0.3, 0.4) is 0 Å². The van der Waals surface area contributed by atoms with Gasteiger partial charge in [-0.25, -0.2) is 0 Å². The Morgan fingerprint density at radius 2 is 1.52 bits per heavy atom. The first-order chi connectivity index (χ1) is 11.0. The molecule has 2 aromatic carbocycles. The van der Waals surface area contributed by atoms with Crippen LogP contribution in [0.2, 0.25) is 0 Å². The molecule has 0 heterocycles. The summed E-state index contributed by atoms with van der Waals surface area (Å²) >= 11 is 3.28. The van der Waals surface area contributed by atoms with Crippen LogP contribution in [0.15, 0.2) is 53.0 Å². The zero-order valence-electron chi connectivity index (χ0n) is 12.8. The van der Waals surface area contributed by atoms with Gasteiger partial charge in [-0.15, -0.1) is 0 Å². The van der Waals surface area contributed by atoms with Crippen LogP contribution in [0.5, 0.6) is 11.5 Å². The van der Waals surface area contributed by atoms with Crippen molar-refractivity contribution >= 4 is 15.9 Å². The second-order valence-electron chi connectivity index (χ2n) is 4.89. The lowest BCUT2D eigenvalue weighted by Crippen LogP contribution is -2.34. The minimum Gasteiger partial charge on any atom is -0.497 e. The minimum absolute atomic E-state index is 0.359. The lowest BCUT2D eigenvalue weighted by molar-refractivity contribution is -0.146. The van der Waals surface area contributed by atoms with Crippen molar-refractivity contribution in [2.45, 2.75) is 12.0 Å². The van der Waals surface area contributed by atoms with Gasteiger partial charge in [0.1, 0.15) is 17.6 Å². The van der Waals surface area contributed by atoms with E-state index in [4.69, 9.17) is 14.2 Å². The molecule has 0 amide bonds. The van der Waals surface area contributed by atoms with Gasteiger partial charge in [-0.1, -0.05) is 28.1 Å². The third kappa shape index (κ3) is 4.65. The molecule has 0 aromatic heterocycles. The first-order valence-electron chi connectivity index (χ1n) is 6.89. The smallest absolute Gasteiger partial charge is 0.310 e. The number of methoxy groups -OCH3 is 2. The highest BCUT2D eigenvalue weighted by atomic mass is 79.9. The summed E-state index contributed by atoms with van der Waals surface area (Å²) in [6.45, 7) is -0.779. The molecule has 0 aliphatic rings. The summed E-state index contributed by atoms with van der Waals surface area (Å²) in [5.74, 6) is -2.22. The van der Waals surface area contributed by atoms with E-state index in [1.54, 1.807) is 48.5 Å². The molecular formula is C17H17BrF2O3. The summed E-state index contributed by atoms with van der Waals surface area (Å²) in [5, 5.41) is 0. The number of benzene rings is 2. The third-order valence-corrected chi connectivity index (χ3v) is 3.81. The van der Waals surface area contributed by atoms with Gasteiger partial charge < -0.3 is 14.2 Å². The zero-order chi connectivity index (χ0) is 16.9. The van der Waals surface area contributed by atoms with Crippen molar-refractivity contribution in [1.82, 2.24) is 0 Å². The number of rotatable bonds is 7. The normalized spacial score (nSPS) is 12.7. The molecule has 0 saturated heterocycles. The molecule has 23 heavy (non-hydrogen) atoms. The fourth-order valence-electron chi connectivity index (χ4n) is 2.12. The molecule has 0 fully saturated rings. The molecule has 6 heteroatoms. The van der Waals surface area contributed by atoms with Gasteiger partial charge in [0.25, 0.3) is 0 Å². The summed E-state index contributed by atoms with van der Waals surface area (Å²) in [7, 11) is 2.77. The summed E-state index contributed by atoms with van der Waals surface area (Å²) in [5.41, 5.74) is 0.359. The second-order valence-corrected chi connectivity index (χ2v) is 5.81. The van der Waals surface area contributed by atoms with Crippen LogP contribution in [0.4, 0.5) is 8.78 Å². The monoisotopic (exact) mass is 386 g/mol. The van der Waals surface area contributed by atoms with Crippen molar-refractivity contribution < 1.29 is 23.0 Å². The maximum atomic E-state index is 14.4. The molecular weight excluding hydrogens is 370 g/mol. The van der Waals surface area contributed by atoms with E-state index < -0.39 is 18.6 Å². The predicted octanol–water partition coefficient (Wildman–Crippen LogP) is 4.86. The molecule has 0 N–H and O–H groups in total. The van der Waals surface area contributed by atoms with Crippen LogP contribution in [0, 0.1) is 0 Å². The number of alkyl halides is 2. The highest BCUT2D eigenvalue weighted by molar-refractivity contribution is 9.10. The van der Waals surface area contributed by atoms with Gasteiger partial charge in [0.2, 0.25) is 0 Å². The van der Waals surface area contributed by atoms with Crippen molar-refractivity contribution in [1.29, 1.82) is 0 Å². The Bertz CT molecular complexity index is 615. The number of halogens is 3. The van der Waals surface area contributed by atoms with Crippen molar-refractivity contribution in [3.8, 4) is 11.5 Å². The Kier molecular flexibility index (Phi) is 5.96. The third-order valence-electron chi connectivity index (χ3n) is 3.28. The molecule has 0 saturated carbocycles. The van der Waals surface area contributed by atoms with E-state index in [0.717, 1.165) is 4.47 Å². The van der Waals surface area contributed by atoms with Gasteiger partial charge >= 0.3 is 5.92 Å². The molecule has 2 aromatic rings. The largest absolute Gasteiger partial charge is 0.497 e. The fourth-order valence-corrected chi connectivity index (χ4v) is 2.38. The number of hydrogen-bond donors (Lipinski definition) is 0. The van der Waals surface area contributed by atoms with Gasteiger partial charge in [0.05, 0.1) is 7.11 Å². The van der Waals surface area contributed by atoms with E-state index in [-0.39, 0.29) is 0 Å². The molecule has 0 bridgehead atoms. The van der Waals surface area contributed by atoms with Crippen molar-refractivity contribution in [3.63, 3.8) is 0 Å². The summed E-state index contributed by atoms with van der Waals surface area (Å²) < 4.78 is 44.9. The van der Waals surface area contributed by atoms with E-state index in [9.17, 15) is 8.78 Å². The average Bonchev–Trinajstić information content (AvgIpc) is 2.55. The van der Waals surface area contributed by atoms with Gasteiger partial charge in [-0.3, -0.25) is 0 Å². The van der Waals surface area contributed by atoms with E-state index in [1.165, 1.54) is 14.2 Å². The van der Waals surface area contributed by atoms with Crippen LogP contribution in [-0.4, -0.2) is 26.7 Å². The molecule has 0 aliphatic heterocycles. The summed E-state index contributed by atoms with van der Waals surface area (Å²) in [4.78, 5) is 0. The predicted molar refractivity (Wildman–Crippen MR) is 87.3 cm³/mol. The lowest BCUT2D eigenvalue weighted by Gasteiger charge is -2.26. The molecule has 0 spiro atoms. The second kappa shape index (κ2) is 7.75. The SMILES string of the molecule is COc1ccc(C(OC)C(F)(F)COc2ccc(Br)cc2)cc1. The quantitative estimate of drug-likeness (QED) is 0.679. The number of ether oxygens (including phenoxy) is 3. The lowest BCUT2D eigenvalue weighted by atomic mass is 10.0. The Balaban J connectivity index is 2.09. The topological polar surface area (TPSA) is 27.7 Å².